The number of hydrogen-bond donors (Lipinski definition) is 1. The summed E-state index contributed by atoms with van der Waals surface area (Å²) in [6, 6.07) is -0.0521. The first kappa shape index (κ1) is 7.73. The van der Waals surface area contributed by atoms with Gasteiger partial charge in [0.25, 0.3) is 0 Å². The second-order valence-corrected chi connectivity index (χ2v) is 3.51. The smallest absolute Gasteiger partial charge is 0.167 e. The lowest BCUT2D eigenvalue weighted by Crippen LogP contribution is -2.07. The Morgan fingerprint density at radius 3 is 2.67 bits per heavy atom. The second kappa shape index (κ2) is 2.55. The molecule has 1 unspecified atom stereocenters. The normalized spacial score (nSPS) is 19.6. The quantitative estimate of drug-likeness (QED) is 0.704. The molecule has 1 fully saturated rings. The van der Waals surface area contributed by atoms with Crippen molar-refractivity contribution in [3.05, 3.63) is 11.6 Å². The Labute approximate surface area is 71.8 Å². The minimum Gasteiger partial charge on any atom is -0.321 e. The molecule has 1 aromatic heterocycles. The molecule has 1 aromatic rings. The van der Waals surface area contributed by atoms with Crippen LogP contribution < -0.4 is 5.73 Å². The Balaban J connectivity index is 2.30. The van der Waals surface area contributed by atoms with Crippen LogP contribution in [0.2, 0.25) is 0 Å². The van der Waals surface area contributed by atoms with Crippen LogP contribution in [0.1, 0.15) is 43.4 Å². The van der Waals surface area contributed by atoms with Gasteiger partial charge in [-0.15, -0.1) is 0 Å². The fourth-order valence-corrected chi connectivity index (χ4v) is 1.31. The van der Waals surface area contributed by atoms with Gasteiger partial charge in [-0.25, -0.2) is 4.98 Å². The number of rotatable bonds is 2. The highest BCUT2D eigenvalue weighted by atomic mass is 15.3. The Morgan fingerprint density at radius 2 is 2.25 bits per heavy atom. The first-order valence-corrected chi connectivity index (χ1v) is 4.35. The van der Waals surface area contributed by atoms with Crippen molar-refractivity contribution in [3.8, 4) is 0 Å². The predicted molar refractivity (Wildman–Crippen MR) is 45.6 cm³/mol. The first-order valence-electron chi connectivity index (χ1n) is 4.35. The molecular formula is C8H14N4. The molecule has 0 amide bonds. The van der Waals surface area contributed by atoms with E-state index in [0.717, 1.165) is 11.6 Å². The molecule has 4 nitrogen and oxygen atoms in total. The fraction of sp³-hybridized carbons (Fsp3) is 0.750. The van der Waals surface area contributed by atoms with Crippen LogP contribution >= 0.6 is 0 Å². The van der Waals surface area contributed by atoms with Crippen LogP contribution in [0.3, 0.4) is 0 Å². The lowest BCUT2D eigenvalue weighted by Gasteiger charge is -1.94. The maximum Gasteiger partial charge on any atom is 0.167 e. The Kier molecular flexibility index (Phi) is 1.65. The van der Waals surface area contributed by atoms with Crippen LogP contribution in [-0.4, -0.2) is 14.8 Å². The summed E-state index contributed by atoms with van der Waals surface area (Å²) in [4.78, 5) is 4.40. The van der Waals surface area contributed by atoms with Gasteiger partial charge in [-0.05, 0) is 19.8 Å². The van der Waals surface area contributed by atoms with E-state index in [1.165, 1.54) is 12.8 Å². The zero-order valence-electron chi connectivity index (χ0n) is 7.49. The molecule has 1 atom stereocenters. The van der Waals surface area contributed by atoms with Crippen LogP contribution in [0.25, 0.3) is 0 Å². The molecule has 1 saturated carbocycles. The highest BCUT2D eigenvalue weighted by molar-refractivity contribution is 5.07. The van der Waals surface area contributed by atoms with Crippen molar-refractivity contribution < 1.29 is 0 Å². The molecule has 0 saturated heterocycles. The molecule has 4 heteroatoms. The molecule has 0 radical (unpaired) electrons. The molecular weight excluding hydrogens is 152 g/mol. The van der Waals surface area contributed by atoms with E-state index in [0.29, 0.717) is 5.92 Å². The molecule has 1 aliphatic rings. The lowest BCUT2D eigenvalue weighted by atomic mass is 10.3. The van der Waals surface area contributed by atoms with E-state index in [2.05, 4.69) is 10.1 Å². The van der Waals surface area contributed by atoms with Crippen LogP contribution in [0.4, 0.5) is 0 Å². The number of nitrogens with zero attached hydrogens (tertiary/aromatic N) is 3. The molecule has 0 bridgehead atoms. The summed E-state index contributed by atoms with van der Waals surface area (Å²) in [6.45, 7) is 1.91. The van der Waals surface area contributed by atoms with Gasteiger partial charge in [-0.3, -0.25) is 4.68 Å². The van der Waals surface area contributed by atoms with Crippen molar-refractivity contribution >= 4 is 0 Å². The Morgan fingerprint density at radius 1 is 1.58 bits per heavy atom. The first-order chi connectivity index (χ1) is 5.68. The third-order valence-electron chi connectivity index (χ3n) is 2.16. The minimum atomic E-state index is -0.0521. The summed E-state index contributed by atoms with van der Waals surface area (Å²) in [5.74, 6) is 2.51. The van der Waals surface area contributed by atoms with Crippen molar-refractivity contribution in [3.63, 3.8) is 0 Å². The number of aryl methyl sites for hydroxylation is 1. The largest absolute Gasteiger partial charge is 0.321 e. The third kappa shape index (κ3) is 1.22. The van der Waals surface area contributed by atoms with Crippen LogP contribution in [0.15, 0.2) is 0 Å². The molecule has 1 aliphatic carbocycles. The van der Waals surface area contributed by atoms with E-state index in [1.807, 2.05) is 18.7 Å². The third-order valence-corrected chi connectivity index (χ3v) is 2.16. The molecule has 66 valence electrons. The van der Waals surface area contributed by atoms with E-state index >= 15 is 0 Å². The molecule has 1 heterocycles. The van der Waals surface area contributed by atoms with Crippen LogP contribution in [0.5, 0.6) is 0 Å². The standard InChI is InChI=1S/C8H14N4/c1-5(9)7-10-8(6-3-4-6)12(2)11-7/h5-6H,3-4,9H2,1-2H3. The summed E-state index contributed by atoms with van der Waals surface area (Å²) in [5, 5.41) is 4.25. The van der Waals surface area contributed by atoms with Gasteiger partial charge in [-0.2, -0.15) is 5.10 Å². The molecule has 2 rings (SSSR count). The molecule has 0 aliphatic heterocycles. The average Bonchev–Trinajstić information content (AvgIpc) is 2.75. The van der Waals surface area contributed by atoms with Gasteiger partial charge in [0.15, 0.2) is 5.82 Å². The second-order valence-electron chi connectivity index (χ2n) is 3.51. The van der Waals surface area contributed by atoms with Crippen LogP contribution in [-0.2, 0) is 7.05 Å². The SMILES string of the molecule is CC(N)c1nc(C2CC2)n(C)n1. The lowest BCUT2D eigenvalue weighted by molar-refractivity contribution is 0.675. The maximum atomic E-state index is 5.68. The summed E-state index contributed by atoms with van der Waals surface area (Å²) in [5.41, 5.74) is 5.68. The molecule has 0 aromatic carbocycles. The van der Waals surface area contributed by atoms with E-state index in [9.17, 15) is 0 Å². The minimum absolute atomic E-state index is 0.0521. The number of nitrogens with two attached hydrogens (primary N) is 1. The fourth-order valence-electron chi connectivity index (χ4n) is 1.31. The van der Waals surface area contributed by atoms with E-state index in [4.69, 9.17) is 5.73 Å². The highest BCUT2D eigenvalue weighted by Crippen LogP contribution is 2.38. The maximum absolute atomic E-state index is 5.68. The number of aromatic nitrogens is 3. The van der Waals surface area contributed by atoms with Crippen LogP contribution in [0, 0.1) is 0 Å². The predicted octanol–water partition coefficient (Wildman–Crippen LogP) is 0.712. The summed E-state index contributed by atoms with van der Waals surface area (Å²) < 4.78 is 1.86. The van der Waals surface area contributed by atoms with Gasteiger partial charge in [-0.1, -0.05) is 0 Å². The molecule has 0 spiro atoms. The molecule has 2 N–H and O–H groups in total. The van der Waals surface area contributed by atoms with Crippen molar-refractivity contribution in [2.24, 2.45) is 12.8 Å². The van der Waals surface area contributed by atoms with E-state index in [1.54, 1.807) is 0 Å². The Bertz CT molecular complexity index is 285. The molecule has 12 heavy (non-hydrogen) atoms. The van der Waals surface area contributed by atoms with Crippen molar-refractivity contribution in [1.82, 2.24) is 14.8 Å². The van der Waals surface area contributed by atoms with Gasteiger partial charge >= 0.3 is 0 Å². The summed E-state index contributed by atoms with van der Waals surface area (Å²) >= 11 is 0. The van der Waals surface area contributed by atoms with Gasteiger partial charge in [0.1, 0.15) is 5.82 Å². The van der Waals surface area contributed by atoms with E-state index < -0.39 is 0 Å². The zero-order valence-corrected chi connectivity index (χ0v) is 7.49. The van der Waals surface area contributed by atoms with Gasteiger partial charge < -0.3 is 5.73 Å². The Hall–Kier alpha value is -0.900. The number of hydrogen-bond acceptors (Lipinski definition) is 3. The van der Waals surface area contributed by atoms with E-state index in [-0.39, 0.29) is 6.04 Å². The monoisotopic (exact) mass is 166 g/mol. The zero-order chi connectivity index (χ0) is 8.72. The average molecular weight is 166 g/mol. The topological polar surface area (TPSA) is 56.7 Å². The van der Waals surface area contributed by atoms with Crippen molar-refractivity contribution in [2.45, 2.75) is 31.7 Å². The highest BCUT2D eigenvalue weighted by Gasteiger charge is 2.29. The summed E-state index contributed by atoms with van der Waals surface area (Å²) in [7, 11) is 1.94. The van der Waals surface area contributed by atoms with Gasteiger partial charge in [0.05, 0.1) is 6.04 Å². The van der Waals surface area contributed by atoms with Gasteiger partial charge in [0, 0.05) is 13.0 Å². The van der Waals surface area contributed by atoms with Gasteiger partial charge in [0.2, 0.25) is 0 Å². The van der Waals surface area contributed by atoms with Crippen molar-refractivity contribution in [2.75, 3.05) is 0 Å². The summed E-state index contributed by atoms with van der Waals surface area (Å²) in [6.07, 6.45) is 2.51. The van der Waals surface area contributed by atoms with Crippen molar-refractivity contribution in [1.29, 1.82) is 0 Å².